The van der Waals surface area contributed by atoms with Crippen LogP contribution >= 0.6 is 91.8 Å². The molecule has 8 aromatic heterocycles. The summed E-state index contributed by atoms with van der Waals surface area (Å²) < 4.78 is 8.30. The molecule has 20 rings (SSSR count). The quantitative estimate of drug-likeness (QED) is 0.0977. The van der Waals surface area contributed by atoms with Crippen LogP contribution < -0.4 is 0 Å². The number of halogens is 4. The fourth-order valence-electron chi connectivity index (χ4n) is 18.8. The van der Waals surface area contributed by atoms with Crippen LogP contribution in [0, 0.1) is 83.1 Å². The summed E-state index contributed by atoms with van der Waals surface area (Å²) in [6, 6.07) is 29.1. The molecule has 4 saturated heterocycles. The van der Waals surface area contributed by atoms with E-state index in [1.165, 1.54) is 30.6 Å². The predicted octanol–water partition coefficient (Wildman–Crippen LogP) is 16.5. The number of hydrogen-bond acceptors (Lipinski definition) is 24. The number of aryl methyl sites for hydroxylation is 8. The molecule has 4 aromatic carbocycles. The second-order valence-electron chi connectivity index (χ2n) is 35.9. The van der Waals surface area contributed by atoms with Crippen LogP contribution in [0.15, 0.2) is 117 Å². The van der Waals surface area contributed by atoms with E-state index < -0.39 is 24.2 Å². The van der Waals surface area contributed by atoms with E-state index in [4.69, 9.17) is 66.4 Å². The van der Waals surface area contributed by atoms with Crippen molar-refractivity contribution in [3.05, 3.63) is 250 Å². The number of hydrogen-bond donors (Lipinski definition) is 0. The van der Waals surface area contributed by atoms with Crippen molar-refractivity contribution in [3.8, 4) is 20.0 Å². The molecule has 0 spiro atoms. The average Bonchev–Trinajstić information content (AvgIpc) is 1.60. The summed E-state index contributed by atoms with van der Waals surface area (Å²) in [6.45, 7) is 42.3. The zero-order chi connectivity index (χ0) is 97.7. The number of thiophene rings is 4. The third-order valence-corrected chi connectivity index (χ3v) is 33.1. The van der Waals surface area contributed by atoms with Crippen LogP contribution in [0.2, 0.25) is 20.1 Å². The van der Waals surface area contributed by atoms with Gasteiger partial charge in [-0.2, -0.15) is 0 Å². The van der Waals surface area contributed by atoms with Gasteiger partial charge in [-0.1, -0.05) is 109 Å². The second-order valence-corrected chi connectivity index (χ2v) is 42.5. The highest BCUT2D eigenvalue weighted by Crippen LogP contribution is 2.46. The Morgan fingerprint density at radius 1 is 0.304 bits per heavy atom. The van der Waals surface area contributed by atoms with Gasteiger partial charge in [-0.15, -0.1) is 86.1 Å². The largest absolute Gasteiger partial charge is 0.340 e. The van der Waals surface area contributed by atoms with Gasteiger partial charge < -0.3 is 39.2 Å². The molecule has 0 N–H and O–H groups in total. The molecule has 138 heavy (non-hydrogen) atoms. The van der Waals surface area contributed by atoms with Gasteiger partial charge in [0.25, 0.3) is 0 Å². The summed E-state index contributed by atoms with van der Waals surface area (Å²) in [5, 5.41) is 42.3. The Labute approximate surface area is 839 Å². The maximum Gasteiger partial charge on any atom is 0.225 e. The van der Waals surface area contributed by atoms with Gasteiger partial charge in [0.2, 0.25) is 35.4 Å². The number of aliphatic imine (C=N–C) groups is 4. The number of nitrogens with zero attached hydrogens (tertiary/aromatic N) is 24. The Kier molecular flexibility index (Phi) is 29.7. The summed E-state index contributed by atoms with van der Waals surface area (Å²) in [6.07, 6.45) is 1.39. The van der Waals surface area contributed by atoms with E-state index >= 15 is 0 Å². The first-order valence-electron chi connectivity index (χ1n) is 46.7. The fraction of sp³-hybridized carbons (Fsp3) is 0.420. The molecular formula is C100H112Cl4N24O6S4. The van der Waals surface area contributed by atoms with E-state index in [0.717, 1.165) is 192 Å². The number of likely N-dealkylation sites (N-methyl/N-ethyl adjacent to an activating group) is 2. The Bertz CT molecular complexity index is 6780. The van der Waals surface area contributed by atoms with Gasteiger partial charge in [-0.25, -0.2) is 0 Å². The Morgan fingerprint density at radius 2 is 0.522 bits per heavy atom. The molecule has 0 radical (unpaired) electrons. The van der Waals surface area contributed by atoms with Crippen molar-refractivity contribution in [2.75, 3.05) is 118 Å². The van der Waals surface area contributed by atoms with Crippen molar-refractivity contribution in [2.45, 2.75) is 160 Å². The number of carbonyl (C=O) groups is 6. The van der Waals surface area contributed by atoms with Crippen molar-refractivity contribution in [3.63, 3.8) is 0 Å². The normalized spacial score (nSPS) is 17.9. The van der Waals surface area contributed by atoms with Crippen LogP contribution in [-0.2, 0) is 28.8 Å². The standard InChI is InChI=1S/C26H29ClN6O2S.C25H27ClN6O2S.C25H29ClN6OS.C24H27ClN6OS/c1-5-21(34)31-10-12-32(13-11-31)22(35)14-20-25-30-29-17(4)33(25)26-23(15(2)16(3)36-26)24(28-20)18-6-8-19(27)9-7-18;1-14-15(2)35-25-22(14)23(18-5-7-19(26)8-6-18)27-20(24-29-28-16(3)32(24)25)13-21(34)31-11-9-30(10-12-31)17(4)33;1-5-30-10-12-31(13-11-30)21(33)14-20-24-29-28-17(4)32(24)25-22(15(2)16(3)34-25)23(27-20)18-6-8-19(26)9-7-18;1-14-15(2)33-24-21(14)22(17-5-7-18(25)8-6-17)26-19(23-28-27-16(3)31(23)24)13-20(32)30-11-9-29(4)10-12-30/h6-9,20H,5,10-14H2,1-4H3;5-8,20H,9-13H2,1-4H3;6-9,20H,5,10-14H2,1-4H3;5-8,19H,9-13H2,1-4H3/t3*20-;19-/m0000/s1. The molecule has 12 aromatic rings. The van der Waals surface area contributed by atoms with Gasteiger partial charge in [-0.3, -0.25) is 67.0 Å². The van der Waals surface area contributed by atoms with E-state index in [-0.39, 0.29) is 61.1 Å². The summed E-state index contributed by atoms with van der Waals surface area (Å²) in [4.78, 5) is 119. The minimum absolute atomic E-state index is 0.00256. The van der Waals surface area contributed by atoms with E-state index in [1.54, 1.807) is 57.2 Å². The van der Waals surface area contributed by atoms with E-state index in [2.05, 4.69) is 138 Å². The lowest BCUT2D eigenvalue weighted by atomic mass is 9.99. The topological polar surface area (TPSA) is 301 Å². The lowest BCUT2D eigenvalue weighted by molar-refractivity contribution is -0.139. The lowest BCUT2D eigenvalue weighted by Gasteiger charge is -2.35. The van der Waals surface area contributed by atoms with Crippen LogP contribution in [0.1, 0.15) is 210 Å². The molecule has 0 unspecified atom stereocenters. The van der Waals surface area contributed by atoms with Crippen molar-refractivity contribution < 1.29 is 28.8 Å². The fourth-order valence-corrected chi connectivity index (χ4v) is 24.1. The van der Waals surface area contributed by atoms with Crippen molar-refractivity contribution in [1.29, 1.82) is 0 Å². The van der Waals surface area contributed by atoms with Gasteiger partial charge in [0.1, 0.15) is 67.5 Å². The molecule has 0 aliphatic carbocycles. The summed E-state index contributed by atoms with van der Waals surface area (Å²) in [7, 11) is 2.09. The van der Waals surface area contributed by atoms with Gasteiger partial charge in [0.15, 0.2) is 23.3 Å². The molecular weight excluding hydrogens is 1900 g/mol. The number of amides is 6. The van der Waals surface area contributed by atoms with Crippen LogP contribution in [0.25, 0.3) is 20.0 Å². The van der Waals surface area contributed by atoms with E-state index in [1.807, 2.05) is 156 Å². The maximum absolute atomic E-state index is 13.4. The maximum atomic E-state index is 13.4. The smallest absolute Gasteiger partial charge is 0.225 e. The minimum atomic E-state index is -0.487. The number of aromatic nitrogens is 12. The predicted molar refractivity (Wildman–Crippen MR) is 547 cm³/mol. The number of piperazine rings is 4. The monoisotopic (exact) mass is 2010 g/mol. The summed E-state index contributed by atoms with van der Waals surface area (Å²) >= 11 is 31.5. The van der Waals surface area contributed by atoms with E-state index in [9.17, 15) is 28.8 Å². The van der Waals surface area contributed by atoms with Gasteiger partial charge >= 0.3 is 0 Å². The van der Waals surface area contributed by atoms with Gasteiger partial charge in [0, 0.05) is 202 Å². The summed E-state index contributed by atoms with van der Waals surface area (Å²) in [5.41, 5.74) is 16.2. The number of benzene rings is 4. The highest BCUT2D eigenvalue weighted by Gasteiger charge is 2.41. The third-order valence-electron chi connectivity index (χ3n) is 27.3. The van der Waals surface area contributed by atoms with Crippen LogP contribution in [-0.4, -0.2) is 275 Å². The number of rotatable bonds is 14. The number of carbonyl (C=O) groups excluding carboxylic acids is 6. The Morgan fingerprint density at radius 3 is 0.746 bits per heavy atom. The molecule has 6 amide bonds. The molecule has 720 valence electrons. The van der Waals surface area contributed by atoms with Crippen molar-refractivity contribution in [1.82, 2.24) is 98.3 Å². The molecule has 8 aliphatic rings. The van der Waals surface area contributed by atoms with Crippen LogP contribution in [0.3, 0.4) is 0 Å². The minimum Gasteiger partial charge on any atom is -0.340 e. The molecule has 8 aliphatic heterocycles. The van der Waals surface area contributed by atoms with E-state index in [0.29, 0.717) is 90.5 Å². The average molecular weight is 2020 g/mol. The number of fused-ring (bicyclic) bond motifs is 12. The highest BCUT2D eigenvalue weighted by atomic mass is 35.5. The second kappa shape index (κ2) is 41.7. The molecule has 0 saturated carbocycles. The van der Waals surface area contributed by atoms with Crippen LogP contribution in [0.4, 0.5) is 0 Å². The highest BCUT2D eigenvalue weighted by molar-refractivity contribution is 7.16. The van der Waals surface area contributed by atoms with Gasteiger partial charge in [-0.05, 0) is 167 Å². The van der Waals surface area contributed by atoms with Crippen molar-refractivity contribution >= 4 is 150 Å². The zero-order valence-corrected chi connectivity index (χ0v) is 86.7. The Hall–Kier alpha value is -11.2. The first kappa shape index (κ1) is 98.4. The third kappa shape index (κ3) is 20.1. The SMILES string of the molecule is CC(=O)N1CCN(C(=O)C[C@@H]2N=C(c3ccc(Cl)cc3)c3c(sc(C)c3C)-n3c(C)nnc32)CC1.CCC(=O)N1CCN(C(=O)C[C@@H]2N=C(c3ccc(Cl)cc3)c3c(sc(C)c3C)-n3c(C)nnc32)CC1.CCN1CCN(C(=O)C[C@@H]2N=C(c3ccc(Cl)cc3)c3c(sc(C)c3C)-n3c(C)nnc32)CC1.Cc1sc2c(c1C)C(c1ccc(Cl)cc1)=N[C@@H](CC(=O)N1CCN(C)CC1)c1nnc(C)n1-2. The van der Waals surface area contributed by atoms with Gasteiger partial charge in [0.05, 0.1) is 48.5 Å². The Balaban J connectivity index is 0.000000127. The van der Waals surface area contributed by atoms with Crippen molar-refractivity contribution in [2.24, 2.45) is 20.0 Å². The van der Waals surface area contributed by atoms with Crippen LogP contribution in [0.5, 0.6) is 0 Å². The molecule has 30 nitrogen and oxygen atoms in total. The lowest BCUT2D eigenvalue weighted by Crippen LogP contribution is -2.50. The molecule has 4 fully saturated rings. The first-order valence-corrected chi connectivity index (χ1v) is 51.5. The summed E-state index contributed by atoms with van der Waals surface area (Å²) in [5.74, 6) is 6.34. The zero-order valence-electron chi connectivity index (χ0n) is 80.4. The first-order chi connectivity index (χ1) is 66.2. The molecule has 16 heterocycles. The molecule has 38 heteroatoms. The molecule has 0 bridgehead atoms. The molecule has 4 atom stereocenters.